The van der Waals surface area contributed by atoms with E-state index >= 15 is 0 Å². The van der Waals surface area contributed by atoms with Gasteiger partial charge < -0.3 is 9.88 Å². The van der Waals surface area contributed by atoms with Crippen LogP contribution in [0.4, 0.5) is 0 Å². The summed E-state index contributed by atoms with van der Waals surface area (Å²) in [5.74, 6) is 0.711. The molecule has 0 aliphatic carbocycles. The molecule has 2 nitrogen and oxygen atoms in total. The van der Waals surface area contributed by atoms with Crippen molar-refractivity contribution in [1.82, 2.24) is 9.88 Å². The number of benzene rings is 1. The highest BCUT2D eigenvalue weighted by molar-refractivity contribution is 5.84. The van der Waals surface area contributed by atoms with Crippen molar-refractivity contribution in [2.75, 3.05) is 13.1 Å². The first-order valence-corrected chi connectivity index (χ1v) is 6.02. The molecule has 0 bridgehead atoms. The SMILES string of the molecule is Cc1cc(C2CCNC2)cc2ccn(C)c12. The monoisotopic (exact) mass is 214 g/mol. The lowest BCUT2D eigenvalue weighted by molar-refractivity contribution is 0.763. The number of nitrogens with zero attached hydrogens (tertiary/aromatic N) is 1. The molecule has 1 aliphatic heterocycles. The van der Waals surface area contributed by atoms with E-state index in [9.17, 15) is 0 Å². The number of fused-ring (bicyclic) bond motifs is 1. The topological polar surface area (TPSA) is 17.0 Å². The van der Waals surface area contributed by atoms with Crippen LogP contribution in [-0.2, 0) is 7.05 Å². The van der Waals surface area contributed by atoms with Crippen LogP contribution in [0.15, 0.2) is 24.4 Å². The Morgan fingerprint density at radius 2 is 2.25 bits per heavy atom. The second kappa shape index (κ2) is 3.63. The fraction of sp³-hybridized carbons (Fsp3) is 0.429. The molecule has 1 aromatic heterocycles. The Morgan fingerprint density at radius 3 is 3.00 bits per heavy atom. The predicted molar refractivity (Wildman–Crippen MR) is 67.9 cm³/mol. The van der Waals surface area contributed by atoms with Crippen LogP contribution in [0, 0.1) is 6.92 Å². The van der Waals surface area contributed by atoms with Crippen LogP contribution in [0.5, 0.6) is 0 Å². The zero-order valence-corrected chi connectivity index (χ0v) is 9.96. The molecule has 0 saturated carbocycles. The van der Waals surface area contributed by atoms with E-state index in [0.717, 1.165) is 13.1 Å². The highest BCUT2D eigenvalue weighted by Crippen LogP contribution is 2.28. The molecule has 1 atom stereocenters. The molecule has 2 heteroatoms. The number of aryl methyl sites for hydroxylation is 2. The number of hydrogen-bond acceptors (Lipinski definition) is 1. The van der Waals surface area contributed by atoms with Gasteiger partial charge in [0.1, 0.15) is 0 Å². The van der Waals surface area contributed by atoms with E-state index in [2.05, 4.69) is 48.3 Å². The van der Waals surface area contributed by atoms with E-state index in [-0.39, 0.29) is 0 Å². The zero-order valence-electron chi connectivity index (χ0n) is 9.96. The van der Waals surface area contributed by atoms with Crippen molar-refractivity contribution in [1.29, 1.82) is 0 Å². The largest absolute Gasteiger partial charge is 0.350 e. The van der Waals surface area contributed by atoms with Crippen molar-refractivity contribution >= 4 is 10.9 Å². The van der Waals surface area contributed by atoms with Crippen LogP contribution in [0.3, 0.4) is 0 Å². The van der Waals surface area contributed by atoms with E-state index in [4.69, 9.17) is 0 Å². The van der Waals surface area contributed by atoms with Gasteiger partial charge in [0.25, 0.3) is 0 Å². The van der Waals surface area contributed by atoms with Gasteiger partial charge in [-0.25, -0.2) is 0 Å². The Hall–Kier alpha value is -1.28. The third-order valence-corrected chi connectivity index (χ3v) is 3.71. The Labute approximate surface area is 96.3 Å². The number of rotatable bonds is 1. The van der Waals surface area contributed by atoms with Gasteiger partial charge in [-0.2, -0.15) is 0 Å². The molecule has 2 aromatic rings. The summed E-state index contributed by atoms with van der Waals surface area (Å²) in [7, 11) is 2.12. The first kappa shape index (κ1) is 9.91. The maximum Gasteiger partial charge on any atom is 0.0507 e. The summed E-state index contributed by atoms with van der Waals surface area (Å²) in [6, 6.07) is 6.94. The Kier molecular flexibility index (Phi) is 2.25. The maximum atomic E-state index is 3.44. The van der Waals surface area contributed by atoms with Crippen molar-refractivity contribution in [3.63, 3.8) is 0 Å². The number of aromatic nitrogens is 1. The lowest BCUT2D eigenvalue weighted by atomic mass is 9.95. The summed E-state index contributed by atoms with van der Waals surface area (Å²) in [4.78, 5) is 0. The molecule has 84 valence electrons. The van der Waals surface area contributed by atoms with E-state index in [0.29, 0.717) is 5.92 Å². The highest BCUT2D eigenvalue weighted by Gasteiger charge is 2.17. The van der Waals surface area contributed by atoms with Crippen LogP contribution in [0.25, 0.3) is 10.9 Å². The van der Waals surface area contributed by atoms with Gasteiger partial charge in [-0.15, -0.1) is 0 Å². The molecular weight excluding hydrogens is 196 g/mol. The lowest BCUT2D eigenvalue weighted by Gasteiger charge is -2.11. The van der Waals surface area contributed by atoms with Gasteiger partial charge >= 0.3 is 0 Å². The molecule has 1 saturated heterocycles. The normalized spacial score (nSPS) is 20.8. The molecule has 0 radical (unpaired) electrons. The summed E-state index contributed by atoms with van der Waals surface area (Å²) in [6.45, 7) is 4.52. The predicted octanol–water partition coefficient (Wildman–Crippen LogP) is 2.56. The average molecular weight is 214 g/mol. The van der Waals surface area contributed by atoms with Gasteiger partial charge in [0.05, 0.1) is 5.52 Å². The van der Waals surface area contributed by atoms with Gasteiger partial charge in [0.15, 0.2) is 0 Å². The summed E-state index contributed by atoms with van der Waals surface area (Å²) >= 11 is 0. The van der Waals surface area contributed by atoms with E-state index in [1.54, 1.807) is 0 Å². The first-order chi connectivity index (χ1) is 7.75. The molecular formula is C14H18N2. The zero-order chi connectivity index (χ0) is 11.1. The molecule has 1 aromatic carbocycles. The smallest absolute Gasteiger partial charge is 0.0507 e. The van der Waals surface area contributed by atoms with Crippen molar-refractivity contribution < 1.29 is 0 Å². The minimum absolute atomic E-state index is 0.711. The van der Waals surface area contributed by atoms with Crippen molar-refractivity contribution in [2.24, 2.45) is 7.05 Å². The molecule has 0 spiro atoms. The molecule has 16 heavy (non-hydrogen) atoms. The lowest BCUT2D eigenvalue weighted by Crippen LogP contribution is -2.08. The summed E-state index contributed by atoms with van der Waals surface area (Å²) in [5, 5.41) is 4.82. The molecule has 1 fully saturated rings. The van der Waals surface area contributed by atoms with Gasteiger partial charge in [-0.1, -0.05) is 6.07 Å². The minimum atomic E-state index is 0.711. The maximum absolute atomic E-state index is 3.44. The quantitative estimate of drug-likeness (QED) is 0.772. The van der Waals surface area contributed by atoms with Crippen LogP contribution in [-0.4, -0.2) is 17.7 Å². The number of nitrogens with one attached hydrogen (secondary N) is 1. The van der Waals surface area contributed by atoms with Crippen LogP contribution in [0.1, 0.15) is 23.5 Å². The first-order valence-electron chi connectivity index (χ1n) is 6.02. The van der Waals surface area contributed by atoms with Crippen LogP contribution >= 0.6 is 0 Å². The fourth-order valence-electron chi connectivity index (χ4n) is 2.89. The van der Waals surface area contributed by atoms with E-state index < -0.39 is 0 Å². The fourth-order valence-corrected chi connectivity index (χ4v) is 2.89. The molecule has 0 amide bonds. The minimum Gasteiger partial charge on any atom is -0.350 e. The second-order valence-electron chi connectivity index (χ2n) is 4.89. The second-order valence-corrected chi connectivity index (χ2v) is 4.89. The molecule has 1 aliphatic rings. The van der Waals surface area contributed by atoms with Crippen LogP contribution < -0.4 is 5.32 Å². The number of hydrogen-bond donors (Lipinski definition) is 1. The van der Waals surface area contributed by atoms with Crippen molar-refractivity contribution in [2.45, 2.75) is 19.3 Å². The molecule has 1 N–H and O–H groups in total. The standard InChI is InChI=1S/C14H18N2/c1-10-7-13(12-3-5-15-9-12)8-11-4-6-16(2)14(10)11/h4,6-8,12,15H,3,5,9H2,1-2H3. The average Bonchev–Trinajstić information content (AvgIpc) is 2.87. The van der Waals surface area contributed by atoms with Gasteiger partial charge in [0, 0.05) is 25.2 Å². The summed E-state index contributed by atoms with van der Waals surface area (Å²) in [5.41, 5.74) is 4.27. The molecule has 1 unspecified atom stereocenters. The Bertz CT molecular complexity index is 519. The molecule has 2 heterocycles. The third kappa shape index (κ3) is 1.45. The highest BCUT2D eigenvalue weighted by atomic mass is 14.9. The van der Waals surface area contributed by atoms with Crippen molar-refractivity contribution in [3.05, 3.63) is 35.5 Å². The Morgan fingerprint density at radius 1 is 1.38 bits per heavy atom. The molecule has 3 rings (SSSR count). The van der Waals surface area contributed by atoms with Gasteiger partial charge in [-0.05, 0) is 49.1 Å². The van der Waals surface area contributed by atoms with E-state index in [1.165, 1.54) is 28.5 Å². The van der Waals surface area contributed by atoms with Gasteiger partial charge in [0.2, 0.25) is 0 Å². The Balaban J connectivity index is 2.13. The van der Waals surface area contributed by atoms with Crippen molar-refractivity contribution in [3.8, 4) is 0 Å². The third-order valence-electron chi connectivity index (χ3n) is 3.71. The van der Waals surface area contributed by atoms with Gasteiger partial charge in [-0.3, -0.25) is 0 Å². The van der Waals surface area contributed by atoms with Crippen LogP contribution in [0.2, 0.25) is 0 Å². The van der Waals surface area contributed by atoms with E-state index in [1.807, 2.05) is 0 Å². The summed E-state index contributed by atoms with van der Waals surface area (Å²) < 4.78 is 2.21. The summed E-state index contributed by atoms with van der Waals surface area (Å²) in [6.07, 6.45) is 3.42.